The first kappa shape index (κ1) is 16.6. The molecule has 1 saturated heterocycles. The average Bonchev–Trinajstić information content (AvgIpc) is 2.95. The molecule has 2 aliphatic rings. The summed E-state index contributed by atoms with van der Waals surface area (Å²) in [5, 5.41) is 2.84. The van der Waals surface area contributed by atoms with E-state index in [0.717, 1.165) is 12.2 Å². The molecule has 24 heavy (non-hydrogen) atoms. The standard InChI is InChI=1S/C17H23N3O4/c1-19(2)8-6-18-16(21)13-5-7-20(17(13)22)12-3-4-14-15(11-12)24-10-9-23-14/h3-4,11,13H,5-10H2,1-2H3,(H,18,21). The molecule has 0 aliphatic carbocycles. The number of hydrogen-bond acceptors (Lipinski definition) is 5. The Morgan fingerprint density at radius 3 is 2.79 bits per heavy atom. The van der Waals surface area contributed by atoms with E-state index in [4.69, 9.17) is 9.47 Å². The zero-order valence-electron chi connectivity index (χ0n) is 14.1. The molecule has 3 rings (SSSR count). The second kappa shape index (κ2) is 7.09. The van der Waals surface area contributed by atoms with Crippen molar-refractivity contribution in [2.24, 2.45) is 5.92 Å². The Bertz CT molecular complexity index is 632. The summed E-state index contributed by atoms with van der Waals surface area (Å²) < 4.78 is 11.1. The summed E-state index contributed by atoms with van der Waals surface area (Å²) in [5.41, 5.74) is 0.743. The summed E-state index contributed by atoms with van der Waals surface area (Å²) in [6, 6.07) is 5.44. The van der Waals surface area contributed by atoms with Gasteiger partial charge in [-0.25, -0.2) is 0 Å². The smallest absolute Gasteiger partial charge is 0.239 e. The molecular formula is C17H23N3O4. The number of likely N-dealkylation sites (N-methyl/N-ethyl adjacent to an activating group) is 1. The first-order chi connectivity index (χ1) is 11.6. The highest BCUT2D eigenvalue weighted by molar-refractivity contribution is 6.09. The second-order valence-corrected chi connectivity index (χ2v) is 6.25. The molecule has 2 aliphatic heterocycles. The quantitative estimate of drug-likeness (QED) is 0.794. The van der Waals surface area contributed by atoms with Gasteiger partial charge in [-0.05, 0) is 32.6 Å². The molecule has 2 heterocycles. The predicted molar refractivity (Wildman–Crippen MR) is 89.5 cm³/mol. The Kier molecular flexibility index (Phi) is 4.89. The zero-order valence-corrected chi connectivity index (χ0v) is 14.1. The Balaban J connectivity index is 1.64. The molecule has 0 saturated carbocycles. The lowest BCUT2D eigenvalue weighted by Gasteiger charge is -2.22. The van der Waals surface area contributed by atoms with Gasteiger partial charge in [-0.15, -0.1) is 0 Å². The fourth-order valence-electron chi connectivity index (χ4n) is 2.91. The number of hydrogen-bond donors (Lipinski definition) is 1. The van der Waals surface area contributed by atoms with Crippen molar-refractivity contribution >= 4 is 17.5 Å². The van der Waals surface area contributed by atoms with E-state index >= 15 is 0 Å². The lowest BCUT2D eigenvalue weighted by atomic mass is 10.1. The molecule has 1 atom stereocenters. The average molecular weight is 333 g/mol. The fraction of sp³-hybridized carbons (Fsp3) is 0.529. The molecule has 1 unspecified atom stereocenters. The van der Waals surface area contributed by atoms with Gasteiger partial charge in [-0.3, -0.25) is 9.59 Å². The minimum Gasteiger partial charge on any atom is -0.486 e. The van der Waals surface area contributed by atoms with Gasteiger partial charge in [0.25, 0.3) is 0 Å². The van der Waals surface area contributed by atoms with E-state index in [0.29, 0.717) is 44.2 Å². The molecule has 130 valence electrons. The summed E-state index contributed by atoms with van der Waals surface area (Å²) in [4.78, 5) is 28.5. The van der Waals surface area contributed by atoms with E-state index in [1.54, 1.807) is 11.0 Å². The van der Waals surface area contributed by atoms with E-state index in [1.165, 1.54) is 0 Å². The summed E-state index contributed by atoms with van der Waals surface area (Å²) in [6.45, 7) is 2.86. The van der Waals surface area contributed by atoms with E-state index < -0.39 is 5.92 Å². The number of nitrogens with zero attached hydrogens (tertiary/aromatic N) is 2. The van der Waals surface area contributed by atoms with Crippen LogP contribution in [0.3, 0.4) is 0 Å². The van der Waals surface area contributed by atoms with Crippen LogP contribution in [0, 0.1) is 5.92 Å². The van der Waals surface area contributed by atoms with E-state index in [-0.39, 0.29) is 11.8 Å². The van der Waals surface area contributed by atoms with Crippen molar-refractivity contribution in [2.45, 2.75) is 6.42 Å². The third-order valence-electron chi connectivity index (χ3n) is 4.22. The predicted octanol–water partition coefficient (Wildman–Crippen LogP) is 0.488. The number of rotatable bonds is 5. The van der Waals surface area contributed by atoms with Crippen molar-refractivity contribution in [1.29, 1.82) is 0 Å². The van der Waals surface area contributed by atoms with Crippen LogP contribution in [0.1, 0.15) is 6.42 Å². The van der Waals surface area contributed by atoms with Crippen molar-refractivity contribution in [2.75, 3.05) is 51.8 Å². The van der Waals surface area contributed by atoms with Gasteiger partial charge < -0.3 is 24.6 Å². The molecule has 0 aromatic heterocycles. The van der Waals surface area contributed by atoms with Crippen LogP contribution in [0.25, 0.3) is 0 Å². The highest BCUT2D eigenvalue weighted by Gasteiger charge is 2.37. The van der Waals surface area contributed by atoms with Gasteiger partial charge in [-0.2, -0.15) is 0 Å². The van der Waals surface area contributed by atoms with Crippen molar-refractivity contribution in [3.63, 3.8) is 0 Å². The van der Waals surface area contributed by atoms with Crippen LogP contribution in [-0.2, 0) is 9.59 Å². The topological polar surface area (TPSA) is 71.1 Å². The number of nitrogens with one attached hydrogen (secondary N) is 1. The molecular weight excluding hydrogens is 310 g/mol. The Morgan fingerprint density at radius 1 is 1.29 bits per heavy atom. The van der Waals surface area contributed by atoms with Gasteiger partial charge in [0.2, 0.25) is 11.8 Å². The SMILES string of the molecule is CN(C)CCNC(=O)C1CCN(c2ccc3c(c2)OCCO3)C1=O. The maximum Gasteiger partial charge on any atom is 0.239 e. The summed E-state index contributed by atoms with van der Waals surface area (Å²) in [5.74, 6) is 0.372. The van der Waals surface area contributed by atoms with Gasteiger partial charge in [-0.1, -0.05) is 0 Å². The van der Waals surface area contributed by atoms with Crippen LogP contribution in [-0.4, -0.2) is 63.7 Å². The maximum atomic E-state index is 12.6. The lowest BCUT2D eigenvalue weighted by molar-refractivity contribution is -0.132. The number of fused-ring (bicyclic) bond motifs is 1. The Labute approximate surface area is 141 Å². The molecule has 0 bridgehead atoms. The van der Waals surface area contributed by atoms with Crippen LogP contribution < -0.4 is 19.7 Å². The Hall–Kier alpha value is -2.28. The van der Waals surface area contributed by atoms with Crippen LogP contribution in [0.2, 0.25) is 0 Å². The number of benzene rings is 1. The Morgan fingerprint density at radius 2 is 2.04 bits per heavy atom. The monoisotopic (exact) mass is 333 g/mol. The van der Waals surface area contributed by atoms with Crippen LogP contribution >= 0.6 is 0 Å². The molecule has 0 radical (unpaired) electrons. The van der Waals surface area contributed by atoms with Crippen molar-refractivity contribution in [3.05, 3.63) is 18.2 Å². The van der Waals surface area contributed by atoms with Crippen LogP contribution in [0.15, 0.2) is 18.2 Å². The molecule has 1 N–H and O–H groups in total. The molecule has 1 aromatic rings. The van der Waals surface area contributed by atoms with Gasteiger partial charge in [0.05, 0.1) is 0 Å². The van der Waals surface area contributed by atoms with Crippen molar-refractivity contribution in [1.82, 2.24) is 10.2 Å². The second-order valence-electron chi connectivity index (χ2n) is 6.25. The number of amides is 2. The first-order valence-corrected chi connectivity index (χ1v) is 8.20. The van der Waals surface area contributed by atoms with Gasteiger partial charge in [0.15, 0.2) is 11.5 Å². The number of ether oxygens (including phenoxy) is 2. The number of anilines is 1. The van der Waals surface area contributed by atoms with Crippen LogP contribution in [0.4, 0.5) is 5.69 Å². The van der Waals surface area contributed by atoms with Crippen molar-refractivity contribution in [3.8, 4) is 11.5 Å². The number of carbonyl (C=O) groups is 2. The van der Waals surface area contributed by atoms with Crippen molar-refractivity contribution < 1.29 is 19.1 Å². The molecule has 7 nitrogen and oxygen atoms in total. The lowest BCUT2D eigenvalue weighted by Crippen LogP contribution is -2.39. The third-order valence-corrected chi connectivity index (χ3v) is 4.22. The summed E-state index contributed by atoms with van der Waals surface area (Å²) in [7, 11) is 3.88. The van der Waals surface area contributed by atoms with Gasteiger partial charge >= 0.3 is 0 Å². The maximum absolute atomic E-state index is 12.6. The minimum absolute atomic E-state index is 0.158. The highest BCUT2D eigenvalue weighted by Crippen LogP contribution is 2.35. The normalized spacial score (nSPS) is 19.7. The third kappa shape index (κ3) is 3.46. The summed E-state index contributed by atoms with van der Waals surface area (Å²) >= 11 is 0. The van der Waals surface area contributed by atoms with E-state index in [9.17, 15) is 9.59 Å². The largest absolute Gasteiger partial charge is 0.486 e. The molecule has 0 spiro atoms. The molecule has 2 amide bonds. The fourth-order valence-corrected chi connectivity index (χ4v) is 2.91. The van der Waals surface area contributed by atoms with E-state index in [2.05, 4.69) is 5.32 Å². The zero-order chi connectivity index (χ0) is 17.1. The first-order valence-electron chi connectivity index (χ1n) is 8.20. The highest BCUT2D eigenvalue weighted by atomic mass is 16.6. The number of carbonyl (C=O) groups excluding carboxylic acids is 2. The molecule has 7 heteroatoms. The van der Waals surface area contributed by atoms with Gasteiger partial charge in [0.1, 0.15) is 19.1 Å². The molecule has 1 fully saturated rings. The summed E-state index contributed by atoms with van der Waals surface area (Å²) in [6.07, 6.45) is 0.529. The minimum atomic E-state index is -0.611. The van der Waals surface area contributed by atoms with Gasteiger partial charge in [0, 0.05) is 31.4 Å². The van der Waals surface area contributed by atoms with Crippen LogP contribution in [0.5, 0.6) is 11.5 Å². The van der Waals surface area contributed by atoms with E-state index in [1.807, 2.05) is 31.1 Å². The molecule has 1 aromatic carbocycles.